The minimum absolute atomic E-state index is 0.00321. The zero-order valence-electron chi connectivity index (χ0n) is 15.3. The lowest BCUT2D eigenvalue weighted by Crippen LogP contribution is -2.55. The van der Waals surface area contributed by atoms with E-state index >= 15 is 0 Å². The van der Waals surface area contributed by atoms with Gasteiger partial charge < -0.3 is 20.8 Å². The van der Waals surface area contributed by atoms with Crippen molar-refractivity contribution in [2.75, 3.05) is 19.6 Å². The number of rotatable bonds is 4. The first-order valence-electron chi connectivity index (χ1n) is 9.88. The number of nitrogens with zero attached hydrogens (tertiary/aromatic N) is 1. The molecular formula is C19H29N3O3S. The number of aliphatic hydroxyl groups is 2. The van der Waals surface area contributed by atoms with E-state index < -0.39 is 12.2 Å². The van der Waals surface area contributed by atoms with Crippen LogP contribution in [0.4, 0.5) is 0 Å². The maximum atomic E-state index is 12.8. The van der Waals surface area contributed by atoms with E-state index in [0.717, 1.165) is 30.8 Å². The number of carbonyl (C=O) groups excluding carboxylic acids is 1. The second kappa shape index (κ2) is 7.54. The van der Waals surface area contributed by atoms with Crippen molar-refractivity contribution in [2.24, 2.45) is 23.7 Å². The molecular weight excluding hydrogens is 350 g/mol. The topological polar surface area (TPSA) is 94.5 Å². The normalized spacial score (nSPS) is 36.4. The van der Waals surface area contributed by atoms with Crippen LogP contribution >= 0.6 is 11.3 Å². The fourth-order valence-corrected chi connectivity index (χ4v) is 6.17. The summed E-state index contributed by atoms with van der Waals surface area (Å²) in [5.41, 5.74) is 1.26. The molecule has 1 aliphatic heterocycles. The molecule has 26 heavy (non-hydrogen) atoms. The highest BCUT2D eigenvalue weighted by atomic mass is 32.1. The summed E-state index contributed by atoms with van der Waals surface area (Å²) >= 11 is 1.79. The molecule has 0 spiro atoms. The van der Waals surface area contributed by atoms with Crippen LogP contribution in [0.1, 0.15) is 35.3 Å². The number of hydrogen-bond acceptors (Lipinski definition) is 6. The van der Waals surface area contributed by atoms with Gasteiger partial charge in [-0.05, 0) is 44.1 Å². The Balaban J connectivity index is 1.36. The number of amides is 1. The largest absolute Gasteiger partial charge is 0.390 e. The molecule has 2 aliphatic carbocycles. The van der Waals surface area contributed by atoms with E-state index in [1.54, 1.807) is 11.3 Å². The molecule has 144 valence electrons. The number of aliphatic hydroxyl groups excluding tert-OH is 2. The highest BCUT2D eigenvalue weighted by Gasteiger charge is 2.52. The summed E-state index contributed by atoms with van der Waals surface area (Å²) in [4.78, 5) is 19.0. The molecule has 6 nitrogen and oxygen atoms in total. The van der Waals surface area contributed by atoms with Crippen molar-refractivity contribution < 1.29 is 15.0 Å². The van der Waals surface area contributed by atoms with Gasteiger partial charge in [0.1, 0.15) is 0 Å². The van der Waals surface area contributed by atoms with Crippen molar-refractivity contribution in [3.63, 3.8) is 0 Å². The summed E-state index contributed by atoms with van der Waals surface area (Å²) in [7, 11) is 0. The third-order valence-electron chi connectivity index (χ3n) is 6.50. The van der Waals surface area contributed by atoms with Gasteiger partial charge in [-0.15, -0.1) is 11.3 Å². The molecule has 2 fully saturated rings. The number of fused-ring (bicyclic) bond motifs is 2. The minimum Gasteiger partial charge on any atom is -0.390 e. The number of thiazole rings is 1. The molecule has 2 heterocycles. The van der Waals surface area contributed by atoms with Crippen molar-refractivity contribution in [2.45, 2.75) is 51.2 Å². The molecule has 6 atom stereocenters. The molecule has 0 unspecified atom stereocenters. The number of hydrogen-bond donors (Lipinski definition) is 4. The molecule has 0 radical (unpaired) electrons. The first-order chi connectivity index (χ1) is 12.6. The van der Waals surface area contributed by atoms with Crippen molar-refractivity contribution >= 4 is 17.2 Å². The van der Waals surface area contributed by atoms with Crippen LogP contribution in [0, 0.1) is 23.7 Å². The van der Waals surface area contributed by atoms with E-state index in [9.17, 15) is 15.0 Å². The predicted molar refractivity (Wildman–Crippen MR) is 100.0 cm³/mol. The van der Waals surface area contributed by atoms with Crippen LogP contribution in [-0.4, -0.2) is 52.9 Å². The van der Waals surface area contributed by atoms with Gasteiger partial charge in [0.2, 0.25) is 5.91 Å². The van der Waals surface area contributed by atoms with Crippen LogP contribution in [0.25, 0.3) is 0 Å². The van der Waals surface area contributed by atoms with E-state index in [1.807, 2.05) is 6.92 Å². The van der Waals surface area contributed by atoms with E-state index in [4.69, 9.17) is 4.98 Å². The van der Waals surface area contributed by atoms with Crippen LogP contribution in [0.3, 0.4) is 0 Å². The number of aryl methyl sites for hydroxylation is 2. The van der Waals surface area contributed by atoms with Gasteiger partial charge in [0.15, 0.2) is 0 Å². The van der Waals surface area contributed by atoms with Crippen LogP contribution in [0.15, 0.2) is 0 Å². The molecule has 1 saturated carbocycles. The monoisotopic (exact) mass is 379 g/mol. The molecule has 3 aliphatic rings. The molecule has 0 bridgehead atoms. The summed E-state index contributed by atoms with van der Waals surface area (Å²) < 4.78 is 0. The van der Waals surface area contributed by atoms with Crippen molar-refractivity contribution in [3.8, 4) is 0 Å². The van der Waals surface area contributed by atoms with Gasteiger partial charge in [-0.1, -0.05) is 6.92 Å². The quantitative estimate of drug-likeness (QED) is 0.611. The lowest BCUT2D eigenvalue weighted by atomic mass is 9.65. The van der Waals surface area contributed by atoms with Gasteiger partial charge in [-0.25, -0.2) is 4.98 Å². The molecule has 1 amide bonds. The molecule has 1 saturated heterocycles. The van der Waals surface area contributed by atoms with E-state index in [0.29, 0.717) is 13.1 Å². The second-order valence-corrected chi connectivity index (χ2v) is 9.25. The van der Waals surface area contributed by atoms with E-state index in [2.05, 4.69) is 10.6 Å². The van der Waals surface area contributed by atoms with Crippen LogP contribution in [-0.2, 0) is 24.1 Å². The Hall–Kier alpha value is -1.02. The average Bonchev–Trinajstić information content (AvgIpc) is 3.26. The van der Waals surface area contributed by atoms with E-state index in [1.165, 1.54) is 23.4 Å². The predicted octanol–water partition coefficient (Wildman–Crippen LogP) is 0.504. The van der Waals surface area contributed by atoms with Crippen LogP contribution in [0.5, 0.6) is 0 Å². The minimum atomic E-state index is -0.836. The van der Waals surface area contributed by atoms with Crippen molar-refractivity contribution in [1.29, 1.82) is 0 Å². The molecule has 4 rings (SSSR count). The van der Waals surface area contributed by atoms with Gasteiger partial charge in [0.25, 0.3) is 0 Å². The summed E-state index contributed by atoms with van der Waals surface area (Å²) in [6.45, 7) is 3.86. The van der Waals surface area contributed by atoms with Gasteiger partial charge >= 0.3 is 0 Å². The fourth-order valence-electron chi connectivity index (χ4n) is 5.01. The highest BCUT2D eigenvalue weighted by Crippen LogP contribution is 2.41. The smallest absolute Gasteiger partial charge is 0.223 e. The third-order valence-corrected chi connectivity index (χ3v) is 7.71. The average molecular weight is 380 g/mol. The first kappa shape index (κ1) is 18.3. The molecule has 4 N–H and O–H groups in total. The highest BCUT2D eigenvalue weighted by molar-refractivity contribution is 7.11. The number of aromatic nitrogens is 1. The Bertz CT molecular complexity index is 641. The fraction of sp³-hybridized carbons (Fsp3) is 0.789. The Labute approximate surface area is 158 Å². The third kappa shape index (κ3) is 3.30. The number of nitrogens with one attached hydrogen (secondary N) is 2. The molecule has 1 aromatic heterocycles. The standard InChI is InChI=1S/C19H29N3O3S/c1-10-16(11-8-20-9-12(11)18(24)17(10)23)19(25)21-7-6-15-22-13-4-2-3-5-14(13)26-15/h10-12,16-18,20,23-24H,2-9H2,1H3,(H,21,25)/t10-,11+,12+,16+,17+,18+/m1/s1. The summed E-state index contributed by atoms with van der Waals surface area (Å²) in [5, 5.41) is 28.1. The summed E-state index contributed by atoms with van der Waals surface area (Å²) in [6.07, 6.45) is 3.92. The van der Waals surface area contributed by atoms with Gasteiger partial charge in [0.05, 0.1) is 22.9 Å². The van der Waals surface area contributed by atoms with Crippen LogP contribution < -0.4 is 10.6 Å². The Morgan fingerprint density at radius 1 is 1.23 bits per heavy atom. The zero-order chi connectivity index (χ0) is 18.3. The van der Waals surface area contributed by atoms with Crippen molar-refractivity contribution in [1.82, 2.24) is 15.6 Å². The molecule has 7 heteroatoms. The van der Waals surface area contributed by atoms with Gasteiger partial charge in [-0.3, -0.25) is 4.79 Å². The Kier molecular flexibility index (Phi) is 5.32. The summed E-state index contributed by atoms with van der Waals surface area (Å²) in [5.74, 6) is -0.432. The maximum absolute atomic E-state index is 12.8. The second-order valence-electron chi connectivity index (χ2n) is 8.08. The number of carbonyl (C=O) groups is 1. The van der Waals surface area contributed by atoms with Gasteiger partial charge in [-0.2, -0.15) is 0 Å². The van der Waals surface area contributed by atoms with Crippen molar-refractivity contribution in [3.05, 3.63) is 15.6 Å². The summed E-state index contributed by atoms with van der Waals surface area (Å²) in [6, 6.07) is 0. The molecule has 1 aromatic rings. The first-order valence-corrected chi connectivity index (χ1v) is 10.7. The van der Waals surface area contributed by atoms with Crippen LogP contribution in [0.2, 0.25) is 0 Å². The Morgan fingerprint density at radius 3 is 2.81 bits per heavy atom. The molecule has 0 aromatic carbocycles. The zero-order valence-corrected chi connectivity index (χ0v) is 16.1. The Morgan fingerprint density at radius 2 is 2.00 bits per heavy atom. The SMILES string of the molecule is C[C@H]1[C@H](O)[C@@H](O)[C@H]2CNC[C@@H]2[C@H]1C(=O)NCCc1nc2c(s1)CCCC2. The lowest BCUT2D eigenvalue weighted by molar-refractivity contribution is -0.145. The van der Waals surface area contributed by atoms with E-state index in [-0.39, 0.29) is 29.6 Å². The lowest BCUT2D eigenvalue weighted by Gasteiger charge is -2.43. The maximum Gasteiger partial charge on any atom is 0.223 e. The van der Waals surface area contributed by atoms with Gasteiger partial charge in [0, 0.05) is 36.2 Å².